The van der Waals surface area contributed by atoms with Gasteiger partial charge in [-0.3, -0.25) is 0 Å². The normalized spacial score (nSPS) is 13.1. The number of benzene rings is 8. The number of para-hydroxylation sites is 5. The molecule has 3 aromatic heterocycles. The first kappa shape index (κ1) is 53.3. The van der Waals surface area contributed by atoms with Crippen molar-refractivity contribution in [2.24, 2.45) is 0 Å². The number of anilines is 4. The summed E-state index contributed by atoms with van der Waals surface area (Å²) in [5, 5.41) is 2.18. The smallest absolute Gasteiger partial charge is 0.135 e. The van der Waals surface area contributed by atoms with Crippen molar-refractivity contribution >= 4 is 55.6 Å². The van der Waals surface area contributed by atoms with Crippen molar-refractivity contribution in [1.29, 1.82) is 0 Å². The van der Waals surface area contributed by atoms with Crippen LogP contribution in [0.2, 0.25) is 0 Å². The van der Waals surface area contributed by atoms with E-state index in [1.54, 1.807) is 0 Å². The molecule has 0 atom stereocenters. The Morgan fingerprint density at radius 1 is 0.443 bits per heavy atom. The molecular weight excluding hydrogens is 1060 g/mol. The molecule has 0 bridgehead atoms. The van der Waals surface area contributed by atoms with E-state index in [0.29, 0.717) is 11.5 Å². The molecule has 11 aromatic rings. The maximum absolute atomic E-state index is 7.09. The van der Waals surface area contributed by atoms with Crippen molar-refractivity contribution in [3.05, 3.63) is 229 Å². The summed E-state index contributed by atoms with van der Waals surface area (Å²) in [7, 11) is 0. The van der Waals surface area contributed by atoms with E-state index in [-0.39, 0.29) is 42.1 Å². The van der Waals surface area contributed by atoms with Gasteiger partial charge in [-0.2, -0.15) is 6.07 Å². The quantitative estimate of drug-likeness (QED) is 0.112. The van der Waals surface area contributed by atoms with Gasteiger partial charge < -0.3 is 23.7 Å². The van der Waals surface area contributed by atoms with Gasteiger partial charge in [-0.05, 0) is 91.9 Å². The predicted octanol–water partition coefficient (Wildman–Crippen LogP) is 19.4. The predicted molar refractivity (Wildman–Crippen MR) is 327 cm³/mol. The fourth-order valence-corrected chi connectivity index (χ4v) is 11.1. The Labute approximate surface area is 481 Å². The molecule has 0 N–H and O–H groups in total. The zero-order valence-corrected chi connectivity index (χ0v) is 49.0. The number of fused-ring (bicyclic) bond motifs is 6. The van der Waals surface area contributed by atoms with Crippen LogP contribution in [0.1, 0.15) is 105 Å². The molecule has 0 fully saturated rings. The molecule has 0 unspecified atom stereocenters. The third-order valence-corrected chi connectivity index (χ3v) is 15.4. The fraction of sp³-hybridized carbons (Fsp3) is 0.222. The summed E-state index contributed by atoms with van der Waals surface area (Å²) in [6, 6.07) is 73.4. The van der Waals surface area contributed by atoms with Crippen molar-refractivity contribution in [3.8, 4) is 45.3 Å². The third kappa shape index (κ3) is 9.76. The average molecular weight is 1130 g/mol. The summed E-state index contributed by atoms with van der Waals surface area (Å²) < 4.78 is 11.7. The van der Waals surface area contributed by atoms with E-state index in [1.165, 1.54) is 22.3 Å². The molecular formula is C72H68N5OPd-3. The molecule has 400 valence electrons. The number of aromatic nitrogens is 3. The van der Waals surface area contributed by atoms with E-state index >= 15 is 0 Å². The van der Waals surface area contributed by atoms with Crippen LogP contribution in [0.25, 0.3) is 66.6 Å². The van der Waals surface area contributed by atoms with Crippen LogP contribution in [0.3, 0.4) is 0 Å². The second-order valence-electron chi connectivity index (χ2n) is 25.1. The first-order valence-electron chi connectivity index (χ1n) is 27.4. The van der Waals surface area contributed by atoms with E-state index in [1.807, 2.05) is 6.20 Å². The second-order valence-corrected chi connectivity index (χ2v) is 25.1. The minimum Gasteiger partial charge on any atom is -0.509 e. The molecule has 12 rings (SSSR count). The molecule has 0 saturated carbocycles. The molecule has 6 nitrogen and oxygen atoms in total. The van der Waals surface area contributed by atoms with E-state index in [9.17, 15) is 0 Å². The second kappa shape index (κ2) is 19.9. The SMILES string of the molecule is CC(C)(C)c1cc(Oc2[c-]c3c(cc2)c2c(c4ccccc4n2-c2ccccc2)n3-c2cc(C(C)(C)C)ccn2)[c-]c(N2[CH-]N(c3c(-c4ccccc4)cccc3-c3cc(C(C)(C)C)cc(C(C)(C)C)c3)c3ccccc32)c1.[Pd]. The van der Waals surface area contributed by atoms with Crippen LogP contribution in [-0.4, -0.2) is 14.1 Å². The van der Waals surface area contributed by atoms with Gasteiger partial charge in [0, 0.05) is 82.9 Å². The van der Waals surface area contributed by atoms with Crippen molar-refractivity contribution in [1.82, 2.24) is 14.1 Å². The number of pyridine rings is 1. The van der Waals surface area contributed by atoms with Crippen molar-refractivity contribution < 1.29 is 25.2 Å². The third-order valence-electron chi connectivity index (χ3n) is 15.4. The van der Waals surface area contributed by atoms with E-state index in [2.05, 4.69) is 303 Å². The molecule has 0 amide bonds. The Hall–Kier alpha value is -7.69. The topological polar surface area (TPSA) is 38.5 Å². The molecule has 0 aliphatic carbocycles. The van der Waals surface area contributed by atoms with Gasteiger partial charge in [0.1, 0.15) is 5.82 Å². The maximum atomic E-state index is 7.09. The molecule has 1 aliphatic rings. The largest absolute Gasteiger partial charge is 0.509 e. The van der Waals surface area contributed by atoms with Gasteiger partial charge in [-0.25, -0.2) is 4.98 Å². The van der Waals surface area contributed by atoms with Gasteiger partial charge in [0.15, 0.2) is 0 Å². The molecule has 0 saturated heterocycles. The number of ether oxygens (including phenoxy) is 1. The first-order valence-corrected chi connectivity index (χ1v) is 27.4. The van der Waals surface area contributed by atoms with Crippen LogP contribution < -0.4 is 14.5 Å². The maximum Gasteiger partial charge on any atom is 0.135 e. The standard InChI is InChI=1S/C72H68N5O.Pd/c1-69(2,3)49-36-37-73-65(43-49)77-64-45-55(34-35-60(64)67-68(77)59-28-19-20-31-61(59)76(67)53-26-17-14-18-27-53)78-56-42-52(72(10,11)12)41-54(44-56)74-46-75(63-33-22-21-32-62(63)74)66-57(47-24-15-13-16-25-47)29-23-30-58(66)48-38-50(70(4,5)6)40-51(39-48)71(7,8)9;/h13-43,46H,1-12H3;/q-3;. The Bertz CT molecular complexity index is 4050. The Kier molecular flexibility index (Phi) is 13.4. The molecule has 79 heavy (non-hydrogen) atoms. The van der Waals surface area contributed by atoms with Crippen LogP contribution in [-0.2, 0) is 42.1 Å². The first-order chi connectivity index (χ1) is 37.2. The number of hydrogen-bond donors (Lipinski definition) is 0. The molecule has 8 aromatic carbocycles. The minimum absolute atomic E-state index is 0. The van der Waals surface area contributed by atoms with Gasteiger partial charge in [0.2, 0.25) is 0 Å². The van der Waals surface area contributed by atoms with E-state index < -0.39 is 0 Å². The van der Waals surface area contributed by atoms with E-state index in [4.69, 9.17) is 9.72 Å². The number of hydrogen-bond acceptors (Lipinski definition) is 4. The van der Waals surface area contributed by atoms with E-state index in [0.717, 1.165) is 89.3 Å². The summed E-state index contributed by atoms with van der Waals surface area (Å²) in [4.78, 5) is 9.75. The minimum atomic E-state index is -0.224. The monoisotopic (exact) mass is 1120 g/mol. The van der Waals surface area contributed by atoms with Crippen molar-refractivity contribution in [3.63, 3.8) is 0 Å². The fourth-order valence-electron chi connectivity index (χ4n) is 11.1. The van der Waals surface area contributed by atoms with Crippen molar-refractivity contribution in [2.45, 2.75) is 105 Å². The van der Waals surface area contributed by atoms with Gasteiger partial charge in [-0.15, -0.1) is 48.3 Å². The zero-order chi connectivity index (χ0) is 54.5. The summed E-state index contributed by atoms with van der Waals surface area (Å²) in [5.74, 6) is 2.02. The number of rotatable bonds is 8. The van der Waals surface area contributed by atoms with Crippen LogP contribution >= 0.6 is 0 Å². The average Bonchev–Trinajstić information content (AvgIpc) is 3.32. The Balaban J connectivity index is 0.00000660. The van der Waals surface area contributed by atoms with Gasteiger partial charge in [0.25, 0.3) is 0 Å². The van der Waals surface area contributed by atoms with Gasteiger partial charge in [-0.1, -0.05) is 209 Å². The summed E-state index contributed by atoms with van der Waals surface area (Å²) >= 11 is 0. The van der Waals surface area contributed by atoms with Crippen LogP contribution in [0.4, 0.5) is 22.7 Å². The molecule has 0 spiro atoms. The van der Waals surface area contributed by atoms with Crippen LogP contribution in [0, 0.1) is 18.8 Å². The Morgan fingerprint density at radius 3 is 1.67 bits per heavy atom. The number of nitrogens with zero attached hydrogens (tertiary/aromatic N) is 5. The zero-order valence-electron chi connectivity index (χ0n) is 47.4. The Morgan fingerprint density at radius 2 is 1.01 bits per heavy atom. The van der Waals surface area contributed by atoms with Crippen LogP contribution in [0.5, 0.6) is 11.5 Å². The molecule has 0 radical (unpaired) electrons. The van der Waals surface area contributed by atoms with Crippen LogP contribution in [0.15, 0.2) is 188 Å². The summed E-state index contributed by atoms with van der Waals surface area (Å²) in [6.45, 7) is 29.6. The summed E-state index contributed by atoms with van der Waals surface area (Å²) in [6.07, 6.45) is 1.93. The molecule has 1 aliphatic heterocycles. The van der Waals surface area contributed by atoms with Gasteiger partial charge >= 0.3 is 0 Å². The molecule has 7 heteroatoms. The van der Waals surface area contributed by atoms with Crippen molar-refractivity contribution in [2.75, 3.05) is 9.80 Å². The molecule has 4 heterocycles. The van der Waals surface area contributed by atoms with Gasteiger partial charge in [0.05, 0.1) is 11.0 Å². The summed E-state index contributed by atoms with van der Waals surface area (Å²) in [5.41, 5.74) is 18.5.